The highest BCUT2D eigenvalue weighted by atomic mass is 127. The van der Waals surface area contributed by atoms with Gasteiger partial charge in [-0.05, 0) is 34.7 Å². The monoisotopic (exact) mass is 639 g/mol. The quantitative estimate of drug-likeness (QED) is 0.217. The van der Waals surface area contributed by atoms with Gasteiger partial charge in [-0.15, -0.1) is 0 Å². The second kappa shape index (κ2) is 13.7. The average Bonchev–Trinajstić information content (AvgIpc) is 3.46. The van der Waals surface area contributed by atoms with Gasteiger partial charge in [-0.25, -0.2) is 0 Å². The Morgan fingerprint density at radius 2 is 0.800 bits per heavy atom. The Kier molecular flexibility index (Phi) is 10.6. The molecule has 0 fully saturated rings. The lowest BCUT2D eigenvalue weighted by molar-refractivity contribution is -0.0000176. The van der Waals surface area contributed by atoms with Crippen molar-refractivity contribution in [1.82, 2.24) is 0 Å². The van der Waals surface area contributed by atoms with E-state index in [1.54, 1.807) is 0 Å². The normalized spacial score (nSPS) is 12.3. The molecule has 0 amide bonds. The van der Waals surface area contributed by atoms with Crippen LogP contribution in [-0.4, -0.2) is 10.9 Å². The van der Waals surface area contributed by atoms with Gasteiger partial charge in [0.1, 0.15) is 5.60 Å². The minimum absolute atomic E-state index is 0. The number of halogens is 1. The van der Waals surface area contributed by atoms with Crippen LogP contribution in [0.15, 0.2) is 121 Å². The fourth-order valence-corrected chi connectivity index (χ4v) is 5.29. The number of aliphatic hydroxyl groups is 1. The Morgan fingerprint density at radius 3 is 1.20 bits per heavy atom. The maximum atomic E-state index is 11.9. The van der Waals surface area contributed by atoms with Crippen LogP contribution >= 0.6 is 0 Å². The van der Waals surface area contributed by atoms with Crippen LogP contribution in [0.4, 0.5) is 0 Å². The largest absolute Gasteiger partial charge is 1.00 e. The van der Waals surface area contributed by atoms with E-state index in [2.05, 4.69) is 31.2 Å². The van der Waals surface area contributed by atoms with Crippen LogP contribution in [0, 0.1) is 6.92 Å². The Bertz CT molecular complexity index is 1490. The molecule has 0 saturated heterocycles. The van der Waals surface area contributed by atoms with Gasteiger partial charge >= 0.3 is 0 Å². The summed E-state index contributed by atoms with van der Waals surface area (Å²) in [4.78, 5) is 11.9. The van der Waals surface area contributed by atoms with Gasteiger partial charge in [-0.1, -0.05) is 155 Å². The predicted octanol–water partition coefficient (Wildman–Crippen LogP) is 6.21. The first-order valence-electron chi connectivity index (χ1n) is 13.8. The zero-order valence-corrected chi connectivity index (χ0v) is 25.9. The minimum atomic E-state index is -1.05. The van der Waals surface area contributed by atoms with Crippen molar-refractivity contribution >= 4 is 5.78 Å². The van der Waals surface area contributed by atoms with E-state index in [1.165, 1.54) is 5.56 Å². The summed E-state index contributed by atoms with van der Waals surface area (Å²) in [5.74, 6) is 0.149. The van der Waals surface area contributed by atoms with Crippen molar-refractivity contribution < 1.29 is 33.9 Å². The number of aryl methyl sites for hydroxylation is 1. The summed E-state index contributed by atoms with van der Waals surface area (Å²) in [6.45, 7) is 10.1. The molecule has 2 nitrogen and oxygen atoms in total. The van der Waals surface area contributed by atoms with E-state index >= 15 is 0 Å². The molecule has 5 aromatic carbocycles. The van der Waals surface area contributed by atoms with Crippen LogP contribution in [0.25, 0.3) is 22.3 Å². The van der Waals surface area contributed by atoms with Crippen LogP contribution in [0.1, 0.15) is 65.9 Å². The fourth-order valence-electron chi connectivity index (χ4n) is 5.29. The molecule has 0 bridgehead atoms. The molecule has 0 spiro atoms. The maximum absolute atomic E-state index is 11.9. The molecular formula is C37H36IO2-. The lowest BCUT2D eigenvalue weighted by Crippen LogP contribution is -3.00. The standard InChI is InChI=1S/C20H16O.C13H8O.2C2H6.HI/c1-14-10-12-15(13-11-14)20(21)18-8-4-2-6-16(18)17-7-3-5-9-19(17)20;14-13-11-7-3-1-5-9(11)10-6-2-4-8-12(10)13;2*1-2;/h2-13,21H,1H3;1-8H;2*1-2H3;1H/p-1. The van der Waals surface area contributed by atoms with Crippen LogP contribution in [0.3, 0.4) is 0 Å². The predicted molar refractivity (Wildman–Crippen MR) is 163 cm³/mol. The fraction of sp³-hybridized carbons (Fsp3) is 0.162. The Balaban J connectivity index is 0.000000203. The molecule has 3 heteroatoms. The van der Waals surface area contributed by atoms with Gasteiger partial charge < -0.3 is 29.1 Å². The molecule has 1 N–H and O–H groups in total. The van der Waals surface area contributed by atoms with Crippen LogP contribution in [0.2, 0.25) is 0 Å². The summed E-state index contributed by atoms with van der Waals surface area (Å²) in [7, 11) is 0. The Hall–Kier alpha value is -3.54. The Labute approximate surface area is 255 Å². The third kappa shape index (κ3) is 5.41. The highest BCUT2D eigenvalue weighted by Gasteiger charge is 2.42. The number of carbonyl (C=O) groups excluding carboxylic acids is 1. The van der Waals surface area contributed by atoms with Gasteiger partial charge in [-0.2, -0.15) is 0 Å². The molecule has 2 aliphatic carbocycles. The molecular weight excluding hydrogens is 603 g/mol. The van der Waals surface area contributed by atoms with Gasteiger partial charge in [0.2, 0.25) is 0 Å². The third-order valence-corrected chi connectivity index (χ3v) is 7.03. The van der Waals surface area contributed by atoms with E-state index < -0.39 is 5.60 Å². The molecule has 204 valence electrons. The summed E-state index contributed by atoms with van der Waals surface area (Å²) >= 11 is 0. The first-order chi connectivity index (χ1) is 19.1. The molecule has 0 unspecified atom stereocenters. The van der Waals surface area contributed by atoms with E-state index in [0.29, 0.717) is 0 Å². The van der Waals surface area contributed by atoms with Gasteiger partial charge in [-0.3, -0.25) is 4.79 Å². The number of rotatable bonds is 1. The SMILES string of the molecule is CC.CC.Cc1ccc(C2(O)c3ccccc3-c3ccccc32)cc1.O=C1c2ccccc2-c2ccccc21.[I-]. The van der Waals surface area contributed by atoms with Crippen molar-refractivity contribution in [3.63, 3.8) is 0 Å². The van der Waals surface area contributed by atoms with Crippen LogP contribution in [0.5, 0.6) is 0 Å². The van der Waals surface area contributed by atoms with Crippen LogP contribution < -0.4 is 24.0 Å². The molecule has 0 radical (unpaired) electrons. The van der Waals surface area contributed by atoms with Crippen molar-refractivity contribution in [2.75, 3.05) is 0 Å². The van der Waals surface area contributed by atoms with E-state index in [0.717, 1.165) is 50.1 Å². The molecule has 40 heavy (non-hydrogen) atoms. The van der Waals surface area contributed by atoms with E-state index in [4.69, 9.17) is 0 Å². The highest BCUT2D eigenvalue weighted by molar-refractivity contribution is 6.21. The molecule has 5 aromatic rings. The first kappa shape index (κ1) is 31.0. The summed E-state index contributed by atoms with van der Waals surface area (Å²) in [6.07, 6.45) is 0. The highest BCUT2D eigenvalue weighted by Crippen LogP contribution is 2.50. The summed E-state index contributed by atoms with van der Waals surface area (Å²) < 4.78 is 0. The maximum Gasteiger partial charge on any atom is 0.194 e. The zero-order valence-electron chi connectivity index (χ0n) is 23.8. The van der Waals surface area contributed by atoms with Gasteiger partial charge in [0.15, 0.2) is 5.78 Å². The lowest BCUT2D eigenvalue weighted by atomic mass is 9.84. The molecule has 0 aliphatic heterocycles. The summed E-state index contributed by atoms with van der Waals surface area (Å²) in [5, 5.41) is 11.6. The van der Waals surface area contributed by atoms with Crippen molar-refractivity contribution in [2.45, 2.75) is 40.2 Å². The molecule has 0 saturated carbocycles. The van der Waals surface area contributed by atoms with Crippen molar-refractivity contribution in [2.24, 2.45) is 0 Å². The topological polar surface area (TPSA) is 37.3 Å². The number of benzene rings is 5. The van der Waals surface area contributed by atoms with Crippen molar-refractivity contribution in [3.8, 4) is 22.3 Å². The van der Waals surface area contributed by atoms with Crippen molar-refractivity contribution in [3.05, 3.63) is 155 Å². The van der Waals surface area contributed by atoms with Gasteiger partial charge in [0, 0.05) is 22.3 Å². The lowest BCUT2D eigenvalue weighted by Gasteiger charge is -2.26. The Morgan fingerprint density at radius 1 is 0.475 bits per heavy atom. The third-order valence-electron chi connectivity index (χ3n) is 7.03. The van der Waals surface area contributed by atoms with E-state index in [-0.39, 0.29) is 29.8 Å². The van der Waals surface area contributed by atoms with Gasteiger partial charge in [0.05, 0.1) is 0 Å². The summed E-state index contributed by atoms with van der Waals surface area (Å²) in [6, 6.07) is 39.9. The van der Waals surface area contributed by atoms with Gasteiger partial charge in [0.25, 0.3) is 0 Å². The molecule has 7 rings (SSSR count). The number of hydrogen-bond donors (Lipinski definition) is 1. The second-order valence-corrected chi connectivity index (χ2v) is 9.09. The zero-order chi connectivity index (χ0) is 28.0. The molecule has 2 aliphatic rings. The molecule has 0 heterocycles. The van der Waals surface area contributed by atoms with Crippen molar-refractivity contribution in [1.29, 1.82) is 0 Å². The average molecular weight is 640 g/mol. The molecule has 0 aromatic heterocycles. The minimum Gasteiger partial charge on any atom is -1.00 e. The number of ketones is 1. The first-order valence-corrected chi connectivity index (χ1v) is 13.8. The number of carbonyl (C=O) groups is 1. The van der Waals surface area contributed by atoms with E-state index in [9.17, 15) is 9.90 Å². The second-order valence-electron chi connectivity index (χ2n) is 9.09. The number of fused-ring (bicyclic) bond motifs is 6. The molecule has 0 atom stereocenters. The smallest absolute Gasteiger partial charge is 0.194 e. The van der Waals surface area contributed by atoms with Crippen LogP contribution in [-0.2, 0) is 5.60 Å². The summed E-state index contributed by atoms with van der Waals surface area (Å²) in [5.41, 5.74) is 9.02. The van der Waals surface area contributed by atoms with E-state index in [1.807, 2.05) is 125 Å². The number of hydrogen-bond acceptors (Lipinski definition) is 2.